The van der Waals surface area contributed by atoms with Crippen molar-refractivity contribution in [3.8, 4) is 6.07 Å². The van der Waals surface area contributed by atoms with Gasteiger partial charge in [0.15, 0.2) is 0 Å². The third kappa shape index (κ3) is 3.54. The fourth-order valence-electron chi connectivity index (χ4n) is 1.32. The molecule has 6 heteroatoms. The van der Waals surface area contributed by atoms with Crippen LogP contribution in [0.4, 0.5) is 18.9 Å². The van der Waals surface area contributed by atoms with Gasteiger partial charge in [0.2, 0.25) is 0 Å². The molecule has 1 rings (SSSR count). The van der Waals surface area contributed by atoms with E-state index in [1.54, 1.807) is 0 Å². The lowest BCUT2D eigenvalue weighted by atomic mass is 10.1. The lowest BCUT2D eigenvalue weighted by Crippen LogP contribution is -2.23. The fourth-order valence-corrected chi connectivity index (χ4v) is 1.56. The Balaban J connectivity index is 2.97. The lowest BCUT2D eigenvalue weighted by molar-refractivity contribution is -0.137. The molecular formula is C12H12ClF3N2. The van der Waals surface area contributed by atoms with Gasteiger partial charge in [0.05, 0.1) is 22.3 Å². The van der Waals surface area contributed by atoms with Crippen LogP contribution in [-0.4, -0.2) is 6.04 Å². The first-order valence-corrected chi connectivity index (χ1v) is 5.66. The summed E-state index contributed by atoms with van der Waals surface area (Å²) in [6, 6.07) is 4.54. The quantitative estimate of drug-likeness (QED) is 0.892. The van der Waals surface area contributed by atoms with Crippen LogP contribution in [0.25, 0.3) is 0 Å². The van der Waals surface area contributed by atoms with Gasteiger partial charge in [0, 0.05) is 0 Å². The van der Waals surface area contributed by atoms with Gasteiger partial charge in [-0.2, -0.15) is 18.4 Å². The van der Waals surface area contributed by atoms with Gasteiger partial charge in [-0.25, -0.2) is 0 Å². The van der Waals surface area contributed by atoms with Crippen LogP contribution in [0.5, 0.6) is 0 Å². The van der Waals surface area contributed by atoms with E-state index in [0.717, 1.165) is 12.1 Å². The summed E-state index contributed by atoms with van der Waals surface area (Å²) in [6.07, 6.45) is -4.42. The summed E-state index contributed by atoms with van der Waals surface area (Å²) < 4.78 is 37.3. The molecule has 98 valence electrons. The molecule has 0 heterocycles. The van der Waals surface area contributed by atoms with Crippen LogP contribution in [-0.2, 0) is 6.18 Å². The first kappa shape index (κ1) is 14.7. The molecule has 2 nitrogen and oxygen atoms in total. The number of halogens is 4. The Hall–Kier alpha value is -1.41. The minimum absolute atomic E-state index is 0.0216. The molecule has 0 aliphatic carbocycles. The summed E-state index contributed by atoms with van der Waals surface area (Å²) in [5.41, 5.74) is -0.485. The van der Waals surface area contributed by atoms with Gasteiger partial charge < -0.3 is 5.32 Å². The highest BCUT2D eigenvalue weighted by atomic mass is 35.5. The average molecular weight is 277 g/mol. The van der Waals surface area contributed by atoms with Crippen molar-refractivity contribution in [1.29, 1.82) is 5.26 Å². The summed E-state index contributed by atoms with van der Waals surface area (Å²) in [5, 5.41) is 11.7. The monoisotopic (exact) mass is 276 g/mol. The Labute approximate surface area is 108 Å². The Morgan fingerprint density at radius 3 is 2.33 bits per heavy atom. The molecule has 0 fully saturated rings. The SMILES string of the molecule is CC(C)C(C#N)Nc1ccc(C(F)(F)F)cc1Cl. The Bertz CT molecular complexity index is 463. The normalized spacial score (nSPS) is 13.2. The second-order valence-electron chi connectivity index (χ2n) is 4.19. The van der Waals surface area contributed by atoms with Crippen molar-refractivity contribution in [1.82, 2.24) is 0 Å². The van der Waals surface area contributed by atoms with E-state index in [1.165, 1.54) is 6.07 Å². The van der Waals surface area contributed by atoms with Gasteiger partial charge in [0.1, 0.15) is 6.04 Å². The lowest BCUT2D eigenvalue weighted by Gasteiger charge is -2.18. The zero-order valence-corrected chi connectivity index (χ0v) is 10.6. The standard InChI is InChI=1S/C12H12ClF3N2/c1-7(2)11(6-17)18-10-4-3-8(5-9(10)13)12(14,15)16/h3-5,7,11,18H,1-2H3. The maximum absolute atomic E-state index is 12.4. The number of alkyl halides is 3. The number of benzene rings is 1. The smallest absolute Gasteiger partial charge is 0.368 e. The van der Waals surface area contributed by atoms with Crippen molar-refractivity contribution in [2.45, 2.75) is 26.1 Å². The zero-order valence-electron chi connectivity index (χ0n) is 9.85. The van der Waals surface area contributed by atoms with Gasteiger partial charge in [0.25, 0.3) is 0 Å². The number of hydrogen-bond acceptors (Lipinski definition) is 2. The Morgan fingerprint density at radius 2 is 1.94 bits per heavy atom. The molecule has 1 aromatic rings. The summed E-state index contributed by atoms with van der Waals surface area (Å²) in [4.78, 5) is 0. The van der Waals surface area contributed by atoms with Gasteiger partial charge in [-0.3, -0.25) is 0 Å². The zero-order chi connectivity index (χ0) is 13.9. The highest BCUT2D eigenvalue weighted by Crippen LogP contribution is 2.34. The molecule has 0 aliphatic heterocycles. The number of anilines is 1. The van der Waals surface area contributed by atoms with E-state index in [9.17, 15) is 13.2 Å². The molecule has 0 aromatic heterocycles. The molecule has 0 aliphatic rings. The minimum atomic E-state index is -4.42. The van der Waals surface area contributed by atoms with E-state index in [-0.39, 0.29) is 10.9 Å². The number of hydrogen-bond donors (Lipinski definition) is 1. The molecule has 1 N–H and O–H groups in total. The van der Waals surface area contributed by atoms with E-state index in [1.807, 2.05) is 19.9 Å². The van der Waals surface area contributed by atoms with Crippen LogP contribution in [0.1, 0.15) is 19.4 Å². The van der Waals surface area contributed by atoms with Crippen LogP contribution in [0.2, 0.25) is 5.02 Å². The highest BCUT2D eigenvalue weighted by Gasteiger charge is 2.31. The van der Waals surface area contributed by atoms with Crippen LogP contribution in [0, 0.1) is 17.2 Å². The van der Waals surface area contributed by atoms with Crippen molar-refractivity contribution in [2.24, 2.45) is 5.92 Å². The molecule has 0 saturated carbocycles. The van der Waals surface area contributed by atoms with Gasteiger partial charge in [-0.1, -0.05) is 25.4 Å². The molecule has 1 unspecified atom stereocenters. The fraction of sp³-hybridized carbons (Fsp3) is 0.417. The second-order valence-corrected chi connectivity index (χ2v) is 4.59. The predicted octanol–water partition coefficient (Wildman–Crippen LogP) is 4.32. The van der Waals surface area contributed by atoms with Crippen LogP contribution >= 0.6 is 11.6 Å². The van der Waals surface area contributed by atoms with Crippen LogP contribution < -0.4 is 5.32 Å². The van der Waals surface area contributed by atoms with Gasteiger partial charge in [-0.05, 0) is 24.1 Å². The van der Waals surface area contributed by atoms with Crippen molar-refractivity contribution in [2.75, 3.05) is 5.32 Å². The number of nitrogens with one attached hydrogen (secondary N) is 1. The molecule has 0 spiro atoms. The van der Waals surface area contributed by atoms with E-state index >= 15 is 0 Å². The number of nitriles is 1. The van der Waals surface area contributed by atoms with Crippen LogP contribution in [0.3, 0.4) is 0 Å². The third-order valence-corrected chi connectivity index (χ3v) is 2.73. The molecule has 0 radical (unpaired) electrons. The van der Waals surface area contributed by atoms with Crippen molar-refractivity contribution >= 4 is 17.3 Å². The Morgan fingerprint density at radius 1 is 1.33 bits per heavy atom. The van der Waals surface area contributed by atoms with E-state index in [0.29, 0.717) is 5.69 Å². The molecule has 1 atom stereocenters. The first-order valence-electron chi connectivity index (χ1n) is 5.28. The van der Waals surface area contributed by atoms with Crippen molar-refractivity contribution in [3.05, 3.63) is 28.8 Å². The highest BCUT2D eigenvalue weighted by molar-refractivity contribution is 6.33. The summed E-state index contributed by atoms with van der Waals surface area (Å²) >= 11 is 5.77. The molecule has 0 bridgehead atoms. The molecule has 1 aromatic carbocycles. The maximum atomic E-state index is 12.4. The second kappa shape index (κ2) is 5.49. The summed E-state index contributed by atoms with van der Waals surface area (Å²) in [5.74, 6) is 0.0216. The topological polar surface area (TPSA) is 35.8 Å². The maximum Gasteiger partial charge on any atom is 0.416 e. The molecule has 18 heavy (non-hydrogen) atoms. The molecule has 0 amide bonds. The van der Waals surface area contributed by atoms with Crippen molar-refractivity contribution < 1.29 is 13.2 Å². The third-order valence-electron chi connectivity index (χ3n) is 2.41. The molecular weight excluding hydrogens is 265 g/mol. The minimum Gasteiger partial charge on any atom is -0.368 e. The summed E-state index contributed by atoms with van der Waals surface area (Å²) in [6.45, 7) is 3.66. The van der Waals surface area contributed by atoms with E-state index in [2.05, 4.69) is 5.32 Å². The number of rotatable bonds is 3. The number of nitrogens with zero attached hydrogens (tertiary/aromatic N) is 1. The molecule has 0 saturated heterocycles. The largest absolute Gasteiger partial charge is 0.416 e. The van der Waals surface area contributed by atoms with Gasteiger partial charge in [-0.15, -0.1) is 0 Å². The van der Waals surface area contributed by atoms with E-state index < -0.39 is 17.8 Å². The average Bonchev–Trinajstić information content (AvgIpc) is 2.25. The van der Waals surface area contributed by atoms with Crippen molar-refractivity contribution in [3.63, 3.8) is 0 Å². The first-order chi connectivity index (χ1) is 8.25. The van der Waals surface area contributed by atoms with Gasteiger partial charge >= 0.3 is 6.18 Å². The predicted molar refractivity (Wildman–Crippen MR) is 64.3 cm³/mol. The summed E-state index contributed by atoms with van der Waals surface area (Å²) in [7, 11) is 0. The van der Waals surface area contributed by atoms with E-state index in [4.69, 9.17) is 16.9 Å². The Kier molecular flexibility index (Phi) is 4.47. The van der Waals surface area contributed by atoms with Crippen LogP contribution in [0.15, 0.2) is 18.2 Å².